The quantitative estimate of drug-likeness (QED) is 0.184. The minimum absolute atomic E-state index is 0.0518. The molecule has 0 spiro atoms. The Hall–Kier alpha value is -1.67. The zero-order valence-corrected chi connectivity index (χ0v) is 20.2. The lowest BCUT2D eigenvalue weighted by atomic mass is 10.1. The fourth-order valence-corrected chi connectivity index (χ4v) is 3.09. The zero-order valence-electron chi connectivity index (χ0n) is 20.2. The van der Waals surface area contributed by atoms with E-state index in [1.165, 1.54) is 0 Å². The predicted octanol–water partition coefficient (Wildman–Crippen LogP) is 3.56. The minimum Gasteiger partial charge on any atom is -0.477 e. The third kappa shape index (κ3) is 15.7. The SMILES string of the molecule is CCCCCCC(=O)OC[C@H](COCC[C@H](C(=O)O)[N+](C)(C)C)OC(=O)CCCCC. The van der Waals surface area contributed by atoms with Gasteiger partial charge in [-0.3, -0.25) is 9.59 Å². The smallest absolute Gasteiger partial charge is 0.362 e. The summed E-state index contributed by atoms with van der Waals surface area (Å²) in [5.74, 6) is -1.53. The molecule has 0 rings (SSSR count). The number of carbonyl (C=O) groups excluding carboxylic acids is 2. The Morgan fingerprint density at radius 2 is 1.42 bits per heavy atom. The van der Waals surface area contributed by atoms with E-state index in [2.05, 4.69) is 13.8 Å². The van der Waals surface area contributed by atoms with Crippen LogP contribution in [0.2, 0.25) is 0 Å². The van der Waals surface area contributed by atoms with Crippen molar-refractivity contribution >= 4 is 17.9 Å². The van der Waals surface area contributed by atoms with Crippen LogP contribution < -0.4 is 0 Å². The van der Waals surface area contributed by atoms with Crippen molar-refractivity contribution in [3.8, 4) is 0 Å². The van der Waals surface area contributed by atoms with Crippen LogP contribution in [0.3, 0.4) is 0 Å². The van der Waals surface area contributed by atoms with Gasteiger partial charge < -0.3 is 23.8 Å². The molecule has 0 aliphatic carbocycles. The molecule has 0 heterocycles. The van der Waals surface area contributed by atoms with Gasteiger partial charge in [0.2, 0.25) is 0 Å². The van der Waals surface area contributed by atoms with Gasteiger partial charge in [0.1, 0.15) is 6.61 Å². The topological polar surface area (TPSA) is 99.1 Å². The molecule has 8 heteroatoms. The maximum Gasteiger partial charge on any atom is 0.362 e. The molecule has 0 amide bonds. The van der Waals surface area contributed by atoms with Crippen molar-refractivity contribution in [3.05, 3.63) is 0 Å². The summed E-state index contributed by atoms with van der Waals surface area (Å²) in [6.45, 7) is 4.39. The van der Waals surface area contributed by atoms with Gasteiger partial charge in [0.15, 0.2) is 12.1 Å². The number of nitrogens with zero attached hydrogens (tertiary/aromatic N) is 1. The van der Waals surface area contributed by atoms with E-state index in [0.717, 1.165) is 44.9 Å². The molecule has 0 saturated carbocycles. The third-order valence-corrected chi connectivity index (χ3v) is 5.01. The summed E-state index contributed by atoms with van der Waals surface area (Å²) >= 11 is 0. The van der Waals surface area contributed by atoms with Crippen LogP contribution in [0.25, 0.3) is 0 Å². The number of hydrogen-bond acceptors (Lipinski definition) is 6. The number of quaternary nitrogens is 1. The third-order valence-electron chi connectivity index (χ3n) is 5.01. The first kappa shape index (κ1) is 29.3. The van der Waals surface area contributed by atoms with Crippen LogP contribution in [0, 0.1) is 0 Å². The van der Waals surface area contributed by atoms with Crippen molar-refractivity contribution < 1.29 is 38.2 Å². The second kappa shape index (κ2) is 17.0. The molecule has 0 aliphatic heterocycles. The highest BCUT2D eigenvalue weighted by atomic mass is 16.6. The van der Waals surface area contributed by atoms with E-state index in [0.29, 0.717) is 19.3 Å². The van der Waals surface area contributed by atoms with Crippen LogP contribution in [0.1, 0.15) is 78.1 Å². The van der Waals surface area contributed by atoms with Gasteiger partial charge in [0.05, 0.1) is 34.4 Å². The molecule has 0 radical (unpaired) electrons. The molecule has 1 N–H and O–H groups in total. The van der Waals surface area contributed by atoms with Crippen molar-refractivity contribution in [2.75, 3.05) is 41.0 Å². The maximum absolute atomic E-state index is 12.1. The lowest BCUT2D eigenvalue weighted by Gasteiger charge is -2.31. The van der Waals surface area contributed by atoms with Crippen LogP contribution in [0.15, 0.2) is 0 Å². The molecular formula is C23H44NO7+. The molecule has 0 aromatic rings. The molecule has 182 valence electrons. The Bertz CT molecular complexity index is 517. The Morgan fingerprint density at radius 3 is 2.00 bits per heavy atom. The number of esters is 2. The summed E-state index contributed by atoms with van der Waals surface area (Å²) in [6, 6.07) is -0.601. The van der Waals surface area contributed by atoms with E-state index in [1.807, 2.05) is 21.1 Å². The predicted molar refractivity (Wildman–Crippen MR) is 119 cm³/mol. The maximum atomic E-state index is 12.1. The van der Waals surface area contributed by atoms with Gasteiger partial charge in [0.25, 0.3) is 0 Å². The standard InChI is InChI=1S/C23H43NO7/c1-6-8-10-12-13-21(25)30-18-19(31-22(26)14-11-9-7-2)17-29-16-15-20(23(27)28)24(3,4)5/h19-20H,6-18H2,1-5H3/p+1/t19-,20+/m0/s1. The van der Waals surface area contributed by atoms with Crippen molar-refractivity contribution in [1.29, 1.82) is 0 Å². The Balaban J connectivity index is 4.56. The summed E-state index contributed by atoms with van der Waals surface area (Å²) in [5, 5.41) is 9.39. The first-order chi connectivity index (χ1) is 14.6. The second-order valence-electron chi connectivity index (χ2n) is 8.90. The fraction of sp³-hybridized carbons (Fsp3) is 0.870. The van der Waals surface area contributed by atoms with Crippen molar-refractivity contribution in [2.24, 2.45) is 0 Å². The molecule has 8 nitrogen and oxygen atoms in total. The van der Waals surface area contributed by atoms with Crippen molar-refractivity contribution in [1.82, 2.24) is 0 Å². The summed E-state index contributed by atoms with van der Waals surface area (Å²) < 4.78 is 16.6. The monoisotopic (exact) mass is 446 g/mol. The first-order valence-corrected chi connectivity index (χ1v) is 11.6. The average molecular weight is 447 g/mol. The van der Waals surface area contributed by atoms with E-state index >= 15 is 0 Å². The molecule has 31 heavy (non-hydrogen) atoms. The number of ether oxygens (including phenoxy) is 3. The van der Waals surface area contributed by atoms with Gasteiger partial charge in [-0.05, 0) is 12.8 Å². The summed E-state index contributed by atoms with van der Waals surface area (Å²) in [7, 11) is 5.46. The highest BCUT2D eigenvalue weighted by Gasteiger charge is 2.31. The van der Waals surface area contributed by atoms with Crippen LogP contribution in [-0.2, 0) is 28.6 Å². The molecule has 0 aromatic carbocycles. The Morgan fingerprint density at radius 1 is 0.839 bits per heavy atom. The molecule has 0 aliphatic rings. The van der Waals surface area contributed by atoms with E-state index in [9.17, 15) is 19.5 Å². The van der Waals surface area contributed by atoms with Crippen molar-refractivity contribution in [3.63, 3.8) is 0 Å². The van der Waals surface area contributed by atoms with Gasteiger partial charge in [-0.2, -0.15) is 0 Å². The van der Waals surface area contributed by atoms with Gasteiger partial charge in [-0.25, -0.2) is 4.79 Å². The summed E-state index contributed by atoms with van der Waals surface area (Å²) in [5.41, 5.74) is 0. The molecule has 0 saturated heterocycles. The fourth-order valence-electron chi connectivity index (χ4n) is 3.09. The lowest BCUT2D eigenvalue weighted by molar-refractivity contribution is -0.887. The second-order valence-corrected chi connectivity index (χ2v) is 8.90. The number of likely N-dealkylation sites (N-methyl/N-ethyl adjacent to an activating group) is 1. The van der Waals surface area contributed by atoms with Gasteiger partial charge >= 0.3 is 17.9 Å². The van der Waals surface area contributed by atoms with Crippen LogP contribution in [0.5, 0.6) is 0 Å². The van der Waals surface area contributed by atoms with Gasteiger partial charge in [0, 0.05) is 19.3 Å². The van der Waals surface area contributed by atoms with E-state index in [1.54, 1.807) is 0 Å². The number of carboxylic acid groups (broad SMARTS) is 1. The lowest BCUT2D eigenvalue weighted by Crippen LogP contribution is -2.50. The van der Waals surface area contributed by atoms with E-state index in [-0.39, 0.29) is 36.2 Å². The van der Waals surface area contributed by atoms with Crippen LogP contribution in [-0.4, -0.2) is 80.6 Å². The minimum atomic E-state index is -0.882. The summed E-state index contributed by atoms with van der Waals surface area (Å²) in [4.78, 5) is 35.5. The van der Waals surface area contributed by atoms with Gasteiger partial charge in [-0.1, -0.05) is 46.0 Å². The number of carboxylic acids is 1. The number of unbranched alkanes of at least 4 members (excludes halogenated alkanes) is 5. The number of hydrogen-bond donors (Lipinski definition) is 1. The normalized spacial score (nSPS) is 13.5. The highest BCUT2D eigenvalue weighted by Crippen LogP contribution is 2.10. The first-order valence-electron chi connectivity index (χ1n) is 11.6. The molecule has 0 bridgehead atoms. The van der Waals surface area contributed by atoms with Crippen LogP contribution >= 0.6 is 0 Å². The molecular weight excluding hydrogens is 402 g/mol. The Labute approximate surface area is 187 Å². The molecule has 0 unspecified atom stereocenters. The van der Waals surface area contributed by atoms with Gasteiger partial charge in [-0.15, -0.1) is 0 Å². The zero-order chi connectivity index (χ0) is 23.7. The number of aliphatic carboxylic acids is 1. The molecule has 2 atom stereocenters. The Kier molecular flexibility index (Phi) is 16.0. The number of rotatable bonds is 19. The highest BCUT2D eigenvalue weighted by molar-refractivity contribution is 5.72. The largest absolute Gasteiger partial charge is 0.477 e. The van der Waals surface area contributed by atoms with E-state index < -0.39 is 18.1 Å². The average Bonchev–Trinajstić information content (AvgIpc) is 2.67. The van der Waals surface area contributed by atoms with Crippen LogP contribution in [0.4, 0.5) is 0 Å². The summed E-state index contributed by atoms with van der Waals surface area (Å²) in [6.07, 6.45) is 6.96. The molecule has 0 fully saturated rings. The molecule has 0 aromatic heterocycles. The van der Waals surface area contributed by atoms with Crippen molar-refractivity contribution in [2.45, 2.75) is 90.2 Å². The van der Waals surface area contributed by atoms with E-state index in [4.69, 9.17) is 14.2 Å². The number of carbonyl (C=O) groups is 3.